The van der Waals surface area contributed by atoms with Crippen molar-refractivity contribution in [3.8, 4) is 0 Å². The number of epoxide rings is 1. The molecule has 0 bridgehead atoms. The molecular weight excluding hydrogens is 176 g/mol. The summed E-state index contributed by atoms with van der Waals surface area (Å²) in [6, 6.07) is 9.91. The van der Waals surface area contributed by atoms with Gasteiger partial charge in [0.1, 0.15) is 5.60 Å². The molecule has 1 aliphatic heterocycles. The van der Waals surface area contributed by atoms with Gasteiger partial charge < -0.3 is 9.84 Å². The van der Waals surface area contributed by atoms with Crippen LogP contribution in [0.5, 0.6) is 0 Å². The lowest BCUT2D eigenvalue weighted by molar-refractivity contribution is -0.00846. The van der Waals surface area contributed by atoms with Gasteiger partial charge in [-0.2, -0.15) is 0 Å². The molecule has 2 nitrogen and oxygen atoms in total. The molecule has 2 heteroatoms. The van der Waals surface area contributed by atoms with E-state index in [9.17, 15) is 5.11 Å². The van der Waals surface area contributed by atoms with Crippen molar-refractivity contribution < 1.29 is 9.84 Å². The van der Waals surface area contributed by atoms with E-state index >= 15 is 0 Å². The van der Waals surface area contributed by atoms with Gasteiger partial charge >= 0.3 is 0 Å². The van der Waals surface area contributed by atoms with Crippen molar-refractivity contribution in [2.75, 3.05) is 0 Å². The first-order chi connectivity index (χ1) is 6.48. The van der Waals surface area contributed by atoms with E-state index in [0.29, 0.717) is 0 Å². The van der Waals surface area contributed by atoms with Crippen LogP contribution in [0.3, 0.4) is 0 Å². The molecule has 14 heavy (non-hydrogen) atoms. The largest absolute Gasteiger partial charge is 0.387 e. The van der Waals surface area contributed by atoms with Crippen molar-refractivity contribution in [3.05, 3.63) is 35.9 Å². The number of hydrogen-bond acceptors (Lipinski definition) is 2. The van der Waals surface area contributed by atoms with Crippen LogP contribution in [0, 0.1) is 0 Å². The first-order valence-corrected chi connectivity index (χ1v) is 4.94. The molecule has 1 saturated heterocycles. The zero-order chi connectivity index (χ0) is 10.4. The number of hydrogen-bond donors (Lipinski definition) is 1. The highest BCUT2D eigenvalue weighted by Gasteiger charge is 2.63. The molecular formula is C12H16O2. The molecule has 1 heterocycles. The molecule has 1 N–H and O–H groups in total. The molecule has 0 saturated carbocycles. The quantitative estimate of drug-likeness (QED) is 0.728. The summed E-state index contributed by atoms with van der Waals surface area (Å²) in [5, 5.41) is 10.1. The van der Waals surface area contributed by atoms with E-state index in [1.807, 2.05) is 37.3 Å². The lowest BCUT2D eigenvalue weighted by Crippen LogP contribution is -2.38. The van der Waals surface area contributed by atoms with Gasteiger partial charge in [-0.15, -0.1) is 0 Å². The van der Waals surface area contributed by atoms with Gasteiger partial charge in [-0.1, -0.05) is 30.3 Å². The van der Waals surface area contributed by atoms with E-state index in [1.54, 1.807) is 13.8 Å². The number of benzene rings is 1. The minimum atomic E-state index is -0.840. The minimum absolute atomic E-state index is 0.0879. The molecule has 76 valence electrons. The third-order valence-electron chi connectivity index (χ3n) is 2.99. The normalized spacial score (nSPS) is 31.6. The van der Waals surface area contributed by atoms with Crippen LogP contribution >= 0.6 is 0 Å². The maximum Gasteiger partial charge on any atom is 0.147 e. The van der Waals surface area contributed by atoms with Crippen LogP contribution in [0.25, 0.3) is 0 Å². The minimum Gasteiger partial charge on any atom is -0.387 e. The van der Waals surface area contributed by atoms with Crippen molar-refractivity contribution in [2.45, 2.75) is 38.1 Å². The fourth-order valence-electron chi connectivity index (χ4n) is 2.23. The van der Waals surface area contributed by atoms with Crippen LogP contribution in [0.4, 0.5) is 0 Å². The Bertz CT molecular complexity index is 326. The summed E-state index contributed by atoms with van der Waals surface area (Å²) in [4.78, 5) is 0. The van der Waals surface area contributed by atoms with E-state index < -0.39 is 11.2 Å². The number of rotatable bonds is 2. The van der Waals surface area contributed by atoms with Crippen LogP contribution in [-0.2, 0) is 10.3 Å². The smallest absolute Gasteiger partial charge is 0.147 e. The van der Waals surface area contributed by atoms with Crippen LogP contribution in [0.2, 0.25) is 0 Å². The summed E-state index contributed by atoms with van der Waals surface area (Å²) < 4.78 is 5.60. The lowest BCUT2D eigenvalue weighted by Gasteiger charge is -2.27. The first kappa shape index (κ1) is 9.69. The monoisotopic (exact) mass is 192 g/mol. The summed E-state index contributed by atoms with van der Waals surface area (Å²) in [5.41, 5.74) is -0.290. The highest BCUT2D eigenvalue weighted by atomic mass is 16.6. The zero-order valence-corrected chi connectivity index (χ0v) is 8.82. The Morgan fingerprint density at radius 1 is 1.29 bits per heavy atom. The molecule has 1 fully saturated rings. The van der Waals surface area contributed by atoms with Crippen LogP contribution in [-0.4, -0.2) is 16.8 Å². The predicted octanol–water partition coefficient (Wildman–Crippen LogP) is 2.07. The molecule has 0 aliphatic carbocycles. The molecule has 0 spiro atoms. The van der Waals surface area contributed by atoms with Gasteiger partial charge in [0.15, 0.2) is 0 Å². The third kappa shape index (κ3) is 1.18. The Morgan fingerprint density at radius 2 is 1.79 bits per heavy atom. The summed E-state index contributed by atoms with van der Waals surface area (Å²) in [6.45, 7) is 5.58. The molecule has 1 aliphatic rings. The summed E-state index contributed by atoms with van der Waals surface area (Å²) in [6.07, 6.45) is 0.0879. The Morgan fingerprint density at radius 3 is 2.14 bits per heavy atom. The maximum atomic E-state index is 10.1. The van der Waals surface area contributed by atoms with Crippen molar-refractivity contribution >= 4 is 0 Å². The van der Waals surface area contributed by atoms with E-state index in [1.165, 1.54) is 0 Å². The fourth-order valence-corrected chi connectivity index (χ4v) is 2.23. The van der Waals surface area contributed by atoms with Gasteiger partial charge in [0.2, 0.25) is 0 Å². The second kappa shape index (κ2) is 2.81. The Balaban J connectivity index is 2.42. The van der Waals surface area contributed by atoms with Crippen molar-refractivity contribution in [1.29, 1.82) is 0 Å². The molecule has 2 atom stereocenters. The molecule has 2 rings (SSSR count). The van der Waals surface area contributed by atoms with Gasteiger partial charge in [-0.05, 0) is 26.3 Å². The Kier molecular flexibility index (Phi) is 1.95. The zero-order valence-electron chi connectivity index (χ0n) is 8.82. The van der Waals surface area contributed by atoms with Crippen LogP contribution in [0.1, 0.15) is 26.3 Å². The van der Waals surface area contributed by atoms with Crippen LogP contribution in [0.15, 0.2) is 30.3 Å². The van der Waals surface area contributed by atoms with Gasteiger partial charge in [0.05, 0.1) is 11.7 Å². The summed E-state index contributed by atoms with van der Waals surface area (Å²) in [5.74, 6) is 0. The second-order valence-electron chi connectivity index (χ2n) is 4.42. The molecule has 0 amide bonds. The van der Waals surface area contributed by atoms with Crippen molar-refractivity contribution in [2.24, 2.45) is 0 Å². The fraction of sp³-hybridized carbons (Fsp3) is 0.500. The Labute approximate surface area is 84.5 Å². The highest BCUT2D eigenvalue weighted by molar-refractivity contribution is 5.32. The van der Waals surface area contributed by atoms with Crippen molar-refractivity contribution in [3.63, 3.8) is 0 Å². The van der Waals surface area contributed by atoms with Gasteiger partial charge in [0.25, 0.3) is 0 Å². The Hall–Kier alpha value is -0.860. The molecule has 1 aromatic carbocycles. The third-order valence-corrected chi connectivity index (χ3v) is 2.99. The van der Waals surface area contributed by atoms with E-state index in [4.69, 9.17) is 4.74 Å². The summed E-state index contributed by atoms with van der Waals surface area (Å²) in [7, 11) is 0. The van der Waals surface area contributed by atoms with Crippen LogP contribution < -0.4 is 0 Å². The standard InChI is InChI=1S/C12H16O2/c1-9-12(14-9,11(2,3)13)10-7-5-4-6-8-10/h4-9,13H,1-3H3/t9-,12+/m1/s1. The average molecular weight is 192 g/mol. The van der Waals surface area contributed by atoms with Gasteiger partial charge in [-0.3, -0.25) is 0 Å². The van der Waals surface area contributed by atoms with Gasteiger partial charge in [0, 0.05) is 0 Å². The second-order valence-corrected chi connectivity index (χ2v) is 4.42. The summed E-state index contributed by atoms with van der Waals surface area (Å²) >= 11 is 0. The number of aliphatic hydroxyl groups is 1. The molecule has 1 aromatic rings. The van der Waals surface area contributed by atoms with E-state index in [-0.39, 0.29) is 6.10 Å². The van der Waals surface area contributed by atoms with E-state index in [2.05, 4.69) is 0 Å². The topological polar surface area (TPSA) is 32.8 Å². The predicted molar refractivity (Wildman–Crippen MR) is 55.0 cm³/mol. The maximum absolute atomic E-state index is 10.1. The van der Waals surface area contributed by atoms with Gasteiger partial charge in [-0.25, -0.2) is 0 Å². The average Bonchev–Trinajstić information content (AvgIpc) is 2.79. The first-order valence-electron chi connectivity index (χ1n) is 4.94. The number of ether oxygens (including phenoxy) is 1. The highest BCUT2D eigenvalue weighted by Crippen LogP contribution is 2.53. The molecule has 0 unspecified atom stereocenters. The van der Waals surface area contributed by atoms with E-state index in [0.717, 1.165) is 5.56 Å². The lowest BCUT2D eigenvalue weighted by atomic mass is 9.82. The molecule has 0 aromatic heterocycles. The SMILES string of the molecule is C[C@H]1O[C@@]1(c1ccccc1)C(C)(C)O. The van der Waals surface area contributed by atoms with Crippen molar-refractivity contribution in [1.82, 2.24) is 0 Å². The molecule has 0 radical (unpaired) electrons.